The molecule has 0 bridgehead atoms. The largest absolute Gasteiger partial charge is 0.323 e. The highest BCUT2D eigenvalue weighted by Gasteiger charge is 2.37. The number of hydrogen-bond donors (Lipinski definition) is 1. The van der Waals surface area contributed by atoms with Crippen molar-refractivity contribution in [3.05, 3.63) is 11.8 Å². The number of rotatable bonds is 1. The van der Waals surface area contributed by atoms with Gasteiger partial charge in [0.1, 0.15) is 0 Å². The van der Waals surface area contributed by atoms with Crippen molar-refractivity contribution in [3.8, 4) is 0 Å². The van der Waals surface area contributed by atoms with Gasteiger partial charge in [-0.05, 0) is 33.1 Å². The number of nitrogens with zero attached hydrogens (tertiary/aromatic N) is 3. The number of fused-ring (bicyclic) bond motifs is 1. The summed E-state index contributed by atoms with van der Waals surface area (Å²) in [6, 6.07) is 1.63. The van der Waals surface area contributed by atoms with E-state index in [-0.39, 0.29) is 19.1 Å². The molecule has 1 fully saturated rings. The van der Waals surface area contributed by atoms with E-state index in [2.05, 4.69) is 10.4 Å². The van der Waals surface area contributed by atoms with Crippen molar-refractivity contribution in [1.29, 1.82) is 0 Å². The molecule has 1 N–H and O–H groups in total. The first-order chi connectivity index (χ1) is 10.4. The van der Waals surface area contributed by atoms with Gasteiger partial charge in [0.15, 0.2) is 15.7 Å². The second kappa shape index (κ2) is 5.57. The predicted molar refractivity (Wildman–Crippen MR) is 83.6 cm³/mol. The van der Waals surface area contributed by atoms with E-state index in [4.69, 9.17) is 0 Å². The lowest BCUT2D eigenvalue weighted by atomic mass is 10.1. The number of hydrogen-bond acceptors (Lipinski definition) is 4. The maximum absolute atomic E-state index is 12.4. The van der Waals surface area contributed by atoms with Gasteiger partial charge in [0.25, 0.3) is 0 Å². The Kier molecular flexibility index (Phi) is 3.88. The molecule has 2 unspecified atom stereocenters. The van der Waals surface area contributed by atoms with Gasteiger partial charge < -0.3 is 4.90 Å². The number of aryl methyl sites for hydroxylation is 2. The normalized spacial score (nSPS) is 27.3. The van der Waals surface area contributed by atoms with E-state index in [1.807, 2.05) is 10.7 Å². The zero-order chi connectivity index (χ0) is 15.9. The van der Waals surface area contributed by atoms with Gasteiger partial charge in [0, 0.05) is 31.4 Å². The smallest absolute Gasteiger partial charge is 0.322 e. The fourth-order valence-electron chi connectivity index (χ4n) is 3.13. The van der Waals surface area contributed by atoms with Gasteiger partial charge in [0.2, 0.25) is 0 Å². The number of carbonyl (C=O) groups excluding carboxylic acids is 1. The van der Waals surface area contributed by atoms with Crippen LogP contribution in [0.1, 0.15) is 32.4 Å². The minimum atomic E-state index is -3.12. The Morgan fingerprint density at radius 1 is 1.27 bits per heavy atom. The van der Waals surface area contributed by atoms with E-state index in [0.29, 0.717) is 5.82 Å². The van der Waals surface area contributed by atoms with E-state index in [1.54, 1.807) is 18.7 Å². The Balaban J connectivity index is 1.68. The lowest BCUT2D eigenvalue weighted by Gasteiger charge is -2.34. The molecule has 0 aliphatic carbocycles. The van der Waals surface area contributed by atoms with Gasteiger partial charge in [0.05, 0.1) is 10.5 Å². The topological polar surface area (TPSA) is 84.3 Å². The quantitative estimate of drug-likeness (QED) is 0.842. The molecule has 0 aromatic carbocycles. The molecule has 1 saturated heterocycles. The summed E-state index contributed by atoms with van der Waals surface area (Å²) in [7, 11) is -3.12. The van der Waals surface area contributed by atoms with Crippen LogP contribution in [0.3, 0.4) is 0 Å². The first-order valence-electron chi connectivity index (χ1n) is 7.73. The standard InChI is InChI=1S/C14H22N4O3S/c1-10-8-17(9-11(2)22(10,20)21)14(19)15-13-7-12-5-3-4-6-18(12)16-13/h7,10-11H,3-6,8-9H2,1-2H3,(H,15,16,19). The van der Waals surface area contributed by atoms with Crippen molar-refractivity contribution in [2.45, 2.75) is 50.2 Å². The number of anilines is 1. The van der Waals surface area contributed by atoms with Crippen LogP contribution in [0.25, 0.3) is 0 Å². The van der Waals surface area contributed by atoms with E-state index >= 15 is 0 Å². The predicted octanol–water partition coefficient (Wildman–Crippen LogP) is 1.26. The number of nitrogens with one attached hydrogen (secondary N) is 1. The van der Waals surface area contributed by atoms with Gasteiger partial charge >= 0.3 is 6.03 Å². The lowest BCUT2D eigenvalue weighted by Crippen LogP contribution is -2.53. The SMILES string of the molecule is CC1CN(C(=O)Nc2cc3n(n2)CCCC3)CC(C)S1(=O)=O. The van der Waals surface area contributed by atoms with Crippen molar-refractivity contribution < 1.29 is 13.2 Å². The zero-order valence-corrected chi connectivity index (χ0v) is 13.8. The Morgan fingerprint density at radius 3 is 2.59 bits per heavy atom. The van der Waals surface area contributed by atoms with Crippen molar-refractivity contribution in [2.24, 2.45) is 0 Å². The minimum Gasteiger partial charge on any atom is -0.322 e. The van der Waals surface area contributed by atoms with Crippen LogP contribution in [0.4, 0.5) is 10.6 Å². The van der Waals surface area contributed by atoms with Gasteiger partial charge in [-0.25, -0.2) is 13.2 Å². The summed E-state index contributed by atoms with van der Waals surface area (Å²) in [5.74, 6) is 0.552. The molecule has 122 valence electrons. The van der Waals surface area contributed by atoms with Gasteiger partial charge in [-0.1, -0.05) is 0 Å². The Labute approximate surface area is 130 Å². The molecule has 0 spiro atoms. The van der Waals surface area contributed by atoms with Crippen LogP contribution < -0.4 is 5.32 Å². The number of sulfone groups is 1. The van der Waals surface area contributed by atoms with E-state index in [1.165, 1.54) is 0 Å². The van der Waals surface area contributed by atoms with Crippen LogP contribution >= 0.6 is 0 Å². The van der Waals surface area contributed by atoms with E-state index in [9.17, 15) is 13.2 Å². The number of carbonyl (C=O) groups is 1. The summed E-state index contributed by atoms with van der Waals surface area (Å²) in [5.41, 5.74) is 1.14. The van der Waals surface area contributed by atoms with Crippen LogP contribution in [-0.2, 0) is 22.8 Å². The molecule has 22 heavy (non-hydrogen) atoms. The Morgan fingerprint density at radius 2 is 1.95 bits per heavy atom. The highest BCUT2D eigenvalue weighted by molar-refractivity contribution is 7.92. The third kappa shape index (κ3) is 2.71. The number of amides is 2. The zero-order valence-electron chi connectivity index (χ0n) is 12.9. The molecule has 1 aromatic heterocycles. The van der Waals surface area contributed by atoms with Gasteiger partial charge in [-0.15, -0.1) is 0 Å². The maximum atomic E-state index is 12.4. The van der Waals surface area contributed by atoms with Gasteiger partial charge in [-0.2, -0.15) is 5.10 Å². The fourth-order valence-corrected chi connectivity index (χ4v) is 4.70. The van der Waals surface area contributed by atoms with Crippen LogP contribution in [0.2, 0.25) is 0 Å². The lowest BCUT2D eigenvalue weighted by molar-refractivity contribution is 0.209. The first kappa shape index (κ1) is 15.3. The molecule has 7 nitrogen and oxygen atoms in total. The van der Waals surface area contributed by atoms with Crippen LogP contribution in [0.5, 0.6) is 0 Å². The van der Waals surface area contributed by atoms with Crippen molar-refractivity contribution in [2.75, 3.05) is 18.4 Å². The van der Waals surface area contributed by atoms with Crippen LogP contribution in [-0.4, -0.2) is 52.7 Å². The third-order valence-corrected chi connectivity index (χ3v) is 7.06. The summed E-state index contributed by atoms with van der Waals surface area (Å²) < 4.78 is 25.9. The summed E-state index contributed by atoms with van der Waals surface area (Å²) in [4.78, 5) is 13.9. The number of aromatic nitrogens is 2. The summed E-state index contributed by atoms with van der Waals surface area (Å²) >= 11 is 0. The van der Waals surface area contributed by atoms with Gasteiger partial charge in [-0.3, -0.25) is 10.00 Å². The van der Waals surface area contributed by atoms with E-state index in [0.717, 1.165) is 31.5 Å². The molecule has 2 aliphatic rings. The molecule has 2 amide bonds. The first-order valence-corrected chi connectivity index (χ1v) is 9.34. The molecule has 3 rings (SSSR count). The highest BCUT2D eigenvalue weighted by atomic mass is 32.2. The van der Waals surface area contributed by atoms with Crippen molar-refractivity contribution >= 4 is 21.7 Å². The minimum absolute atomic E-state index is 0.228. The molecule has 2 atom stereocenters. The molecule has 2 aliphatic heterocycles. The summed E-state index contributed by atoms with van der Waals surface area (Å²) in [5, 5.41) is 6.13. The molecule has 3 heterocycles. The Hall–Kier alpha value is -1.57. The average Bonchev–Trinajstić information content (AvgIpc) is 2.86. The second-order valence-corrected chi connectivity index (χ2v) is 9.03. The average molecular weight is 326 g/mol. The molecule has 0 radical (unpaired) electrons. The number of urea groups is 1. The Bertz CT molecular complexity index is 641. The third-order valence-electron chi connectivity index (χ3n) is 4.52. The summed E-state index contributed by atoms with van der Waals surface area (Å²) in [6.45, 7) is 4.65. The van der Waals surface area contributed by atoms with Crippen molar-refractivity contribution in [3.63, 3.8) is 0 Å². The van der Waals surface area contributed by atoms with Crippen LogP contribution in [0, 0.1) is 0 Å². The molecular formula is C14H22N4O3S. The monoisotopic (exact) mass is 326 g/mol. The van der Waals surface area contributed by atoms with E-state index < -0.39 is 20.3 Å². The highest BCUT2D eigenvalue weighted by Crippen LogP contribution is 2.21. The second-order valence-electron chi connectivity index (χ2n) is 6.25. The molecular weight excluding hydrogens is 304 g/mol. The van der Waals surface area contributed by atoms with Crippen molar-refractivity contribution in [1.82, 2.24) is 14.7 Å². The summed E-state index contributed by atoms with van der Waals surface area (Å²) in [6.07, 6.45) is 3.25. The molecule has 8 heteroatoms. The fraction of sp³-hybridized carbons (Fsp3) is 0.714. The van der Waals surface area contributed by atoms with Crippen LogP contribution in [0.15, 0.2) is 6.07 Å². The molecule has 1 aromatic rings. The maximum Gasteiger partial charge on any atom is 0.323 e. The molecule has 0 saturated carbocycles.